The summed E-state index contributed by atoms with van der Waals surface area (Å²) in [7, 11) is 0. The van der Waals surface area contributed by atoms with Crippen LogP contribution in [0.2, 0.25) is 0 Å². The van der Waals surface area contributed by atoms with Crippen LogP contribution < -0.4 is 11.0 Å². The van der Waals surface area contributed by atoms with Crippen molar-refractivity contribution in [1.82, 2.24) is 29.4 Å². The second-order valence-electron chi connectivity index (χ2n) is 7.44. The number of hydrogen-bond donors (Lipinski definition) is 2. The number of benzene rings is 1. The Morgan fingerprint density at radius 3 is 2.62 bits per heavy atom. The van der Waals surface area contributed by atoms with Crippen LogP contribution in [-0.2, 0) is 0 Å². The molecule has 3 aromatic rings. The lowest BCUT2D eigenvalue weighted by Crippen LogP contribution is -2.42. The Bertz CT molecular complexity index is 1030. The normalized spacial score (nSPS) is 16.0. The molecule has 1 unspecified atom stereocenters. The molecule has 1 saturated heterocycles. The molecule has 2 aromatic heterocycles. The number of anilines is 1. The molecule has 29 heavy (non-hydrogen) atoms. The molecule has 1 aliphatic rings. The van der Waals surface area contributed by atoms with Crippen LogP contribution in [0.25, 0.3) is 0 Å². The first kappa shape index (κ1) is 19.0. The molecule has 1 fully saturated rings. The summed E-state index contributed by atoms with van der Waals surface area (Å²) in [5.74, 6) is 0.575. The van der Waals surface area contributed by atoms with Gasteiger partial charge in [0, 0.05) is 30.9 Å². The topological polar surface area (TPSA) is 101 Å². The van der Waals surface area contributed by atoms with E-state index in [0.717, 1.165) is 11.1 Å². The number of hydrogen-bond acceptors (Lipinski definition) is 4. The summed E-state index contributed by atoms with van der Waals surface area (Å²) in [6, 6.07) is 10.1. The molecule has 0 aliphatic carbocycles. The van der Waals surface area contributed by atoms with Crippen LogP contribution in [0.4, 0.5) is 10.6 Å². The van der Waals surface area contributed by atoms with Gasteiger partial charge >= 0.3 is 11.7 Å². The Morgan fingerprint density at radius 2 is 1.97 bits per heavy atom. The predicted molar refractivity (Wildman–Crippen MR) is 109 cm³/mol. The van der Waals surface area contributed by atoms with E-state index in [4.69, 9.17) is 0 Å². The first-order chi connectivity index (χ1) is 14.0. The highest BCUT2D eigenvalue weighted by Gasteiger charge is 2.25. The predicted octanol–water partition coefficient (Wildman–Crippen LogP) is 2.55. The minimum Gasteiger partial charge on any atom is -0.324 e. The minimum atomic E-state index is -0.207. The Hall–Kier alpha value is -3.36. The van der Waals surface area contributed by atoms with Crippen LogP contribution >= 0.6 is 0 Å². The molecule has 152 valence electrons. The van der Waals surface area contributed by atoms with Gasteiger partial charge in [-0.25, -0.2) is 14.7 Å². The maximum atomic E-state index is 12.7. The summed E-state index contributed by atoms with van der Waals surface area (Å²) in [5.41, 5.74) is 1.87. The average Bonchev–Trinajstić information content (AvgIpc) is 3.34. The molecule has 4 rings (SSSR count). The SMILES string of the molecule is Cc1cn(C(C)c2ccccc2)nc1NC(=O)N1CCC(n2cn[nH]c2=O)CC1. The van der Waals surface area contributed by atoms with Crippen molar-refractivity contribution in [1.29, 1.82) is 0 Å². The summed E-state index contributed by atoms with van der Waals surface area (Å²) in [4.78, 5) is 26.2. The number of rotatable bonds is 4. The number of H-pyrrole nitrogens is 1. The van der Waals surface area contributed by atoms with E-state index in [-0.39, 0.29) is 23.8 Å². The molecule has 9 heteroatoms. The first-order valence-electron chi connectivity index (χ1n) is 9.81. The molecule has 9 nitrogen and oxygen atoms in total. The van der Waals surface area contributed by atoms with Gasteiger partial charge in [0.05, 0.1) is 6.04 Å². The highest BCUT2D eigenvalue weighted by Crippen LogP contribution is 2.23. The molecule has 3 heterocycles. The van der Waals surface area contributed by atoms with Crippen LogP contribution in [-0.4, -0.2) is 48.6 Å². The molecule has 0 spiro atoms. The minimum absolute atomic E-state index is 0.0676. The number of nitrogens with zero attached hydrogens (tertiary/aromatic N) is 5. The van der Waals surface area contributed by atoms with Gasteiger partial charge in [0.2, 0.25) is 0 Å². The van der Waals surface area contributed by atoms with Gasteiger partial charge in [0.15, 0.2) is 5.82 Å². The maximum Gasteiger partial charge on any atom is 0.343 e. The van der Waals surface area contributed by atoms with Gasteiger partial charge in [-0.15, -0.1) is 0 Å². The number of piperidine rings is 1. The Balaban J connectivity index is 1.38. The third kappa shape index (κ3) is 3.94. The van der Waals surface area contributed by atoms with Gasteiger partial charge in [0.25, 0.3) is 0 Å². The zero-order chi connectivity index (χ0) is 20.4. The van der Waals surface area contributed by atoms with E-state index in [9.17, 15) is 9.59 Å². The first-order valence-corrected chi connectivity index (χ1v) is 9.81. The molecule has 0 radical (unpaired) electrons. The smallest absolute Gasteiger partial charge is 0.324 e. The van der Waals surface area contributed by atoms with Crippen LogP contribution in [0.15, 0.2) is 47.7 Å². The number of carbonyl (C=O) groups excluding carboxylic acids is 1. The zero-order valence-electron chi connectivity index (χ0n) is 16.6. The molecule has 0 bridgehead atoms. The van der Waals surface area contributed by atoms with Crippen molar-refractivity contribution < 1.29 is 4.79 Å². The summed E-state index contributed by atoms with van der Waals surface area (Å²) in [6.45, 7) is 5.17. The maximum absolute atomic E-state index is 12.7. The van der Waals surface area contributed by atoms with Crippen LogP contribution in [0.3, 0.4) is 0 Å². The zero-order valence-corrected chi connectivity index (χ0v) is 16.6. The van der Waals surface area contributed by atoms with Gasteiger partial charge in [-0.1, -0.05) is 30.3 Å². The van der Waals surface area contributed by atoms with E-state index in [2.05, 4.69) is 39.7 Å². The standard InChI is InChI=1S/C20H25N7O2/c1-14-12-27(15(2)16-6-4-3-5-7-16)24-18(14)22-19(28)25-10-8-17(9-11-25)26-13-21-23-20(26)29/h3-7,12-13,15,17H,8-11H2,1-2H3,(H,23,29)(H,22,24,28). The molecule has 1 aliphatic heterocycles. The summed E-state index contributed by atoms with van der Waals surface area (Å²) in [5, 5.41) is 13.7. The molecule has 2 amide bonds. The van der Waals surface area contributed by atoms with Crippen molar-refractivity contribution in [2.24, 2.45) is 0 Å². The monoisotopic (exact) mass is 395 g/mol. The average molecular weight is 395 g/mol. The van der Waals surface area contributed by atoms with Gasteiger partial charge in [-0.3, -0.25) is 14.6 Å². The second-order valence-corrected chi connectivity index (χ2v) is 7.44. The van der Waals surface area contributed by atoms with Gasteiger partial charge in [-0.2, -0.15) is 10.2 Å². The van der Waals surface area contributed by atoms with Crippen molar-refractivity contribution in [3.63, 3.8) is 0 Å². The fraction of sp³-hybridized carbons (Fsp3) is 0.400. The Labute approximate surface area is 168 Å². The fourth-order valence-corrected chi connectivity index (χ4v) is 3.73. The van der Waals surface area contributed by atoms with Gasteiger partial charge in [-0.05, 0) is 32.3 Å². The van der Waals surface area contributed by atoms with Crippen molar-refractivity contribution in [2.75, 3.05) is 18.4 Å². The van der Waals surface area contributed by atoms with Crippen molar-refractivity contribution >= 4 is 11.8 Å². The van der Waals surface area contributed by atoms with Crippen LogP contribution in [0, 0.1) is 6.92 Å². The van der Waals surface area contributed by atoms with E-state index >= 15 is 0 Å². The van der Waals surface area contributed by atoms with Crippen molar-refractivity contribution in [3.8, 4) is 0 Å². The van der Waals surface area contributed by atoms with Crippen LogP contribution in [0.1, 0.15) is 43.0 Å². The molecule has 0 saturated carbocycles. The highest BCUT2D eigenvalue weighted by molar-refractivity contribution is 5.89. The fourth-order valence-electron chi connectivity index (χ4n) is 3.73. The third-order valence-electron chi connectivity index (χ3n) is 5.54. The van der Waals surface area contributed by atoms with E-state index < -0.39 is 0 Å². The van der Waals surface area contributed by atoms with Crippen molar-refractivity contribution in [3.05, 3.63) is 64.5 Å². The van der Waals surface area contributed by atoms with Gasteiger partial charge in [0.1, 0.15) is 6.33 Å². The molecular weight excluding hydrogens is 370 g/mol. The lowest BCUT2D eigenvalue weighted by Gasteiger charge is -2.31. The summed E-state index contributed by atoms with van der Waals surface area (Å²) < 4.78 is 3.48. The molecular formula is C20H25N7O2. The molecule has 1 aromatic carbocycles. The highest BCUT2D eigenvalue weighted by atomic mass is 16.2. The third-order valence-corrected chi connectivity index (χ3v) is 5.54. The van der Waals surface area contributed by atoms with E-state index in [0.29, 0.717) is 31.7 Å². The summed E-state index contributed by atoms with van der Waals surface area (Å²) in [6.07, 6.45) is 4.90. The van der Waals surface area contributed by atoms with Gasteiger partial charge < -0.3 is 4.90 Å². The largest absolute Gasteiger partial charge is 0.343 e. The number of aromatic nitrogens is 5. The number of amides is 2. The second kappa shape index (κ2) is 7.94. The number of urea groups is 1. The Morgan fingerprint density at radius 1 is 1.24 bits per heavy atom. The molecule has 2 N–H and O–H groups in total. The molecule has 1 atom stereocenters. The number of carbonyl (C=O) groups is 1. The number of aromatic amines is 1. The number of likely N-dealkylation sites (tertiary alicyclic amines) is 1. The van der Waals surface area contributed by atoms with E-state index in [1.165, 1.54) is 6.33 Å². The Kier molecular flexibility index (Phi) is 5.20. The van der Waals surface area contributed by atoms with Crippen molar-refractivity contribution in [2.45, 2.75) is 38.8 Å². The lowest BCUT2D eigenvalue weighted by molar-refractivity contribution is 0.183. The number of nitrogens with one attached hydrogen (secondary N) is 2. The quantitative estimate of drug-likeness (QED) is 0.709. The lowest BCUT2D eigenvalue weighted by atomic mass is 10.1. The van der Waals surface area contributed by atoms with E-state index in [1.807, 2.05) is 36.0 Å². The summed E-state index contributed by atoms with van der Waals surface area (Å²) >= 11 is 0. The number of aryl methyl sites for hydroxylation is 1. The van der Waals surface area contributed by atoms with E-state index in [1.54, 1.807) is 9.47 Å². The van der Waals surface area contributed by atoms with Crippen LogP contribution in [0.5, 0.6) is 0 Å².